The Hall–Kier alpha value is -3.18. The lowest BCUT2D eigenvalue weighted by atomic mass is 9.77. The number of benzene rings is 1. The third-order valence-electron chi connectivity index (χ3n) is 6.72. The minimum Gasteiger partial charge on any atom is -0.493 e. The minimum atomic E-state index is -5.32. The molecule has 9 nitrogen and oxygen atoms in total. The van der Waals surface area contributed by atoms with Crippen LogP contribution < -0.4 is 24.8 Å². The molecule has 1 heterocycles. The molecule has 0 aromatic heterocycles. The van der Waals surface area contributed by atoms with Crippen LogP contribution in [0.25, 0.3) is 0 Å². The van der Waals surface area contributed by atoms with Gasteiger partial charge in [-0.05, 0) is 30.4 Å². The largest absolute Gasteiger partial charge is 0.493 e. The molecule has 1 saturated carbocycles. The van der Waals surface area contributed by atoms with E-state index < -0.39 is 35.7 Å². The van der Waals surface area contributed by atoms with Crippen molar-refractivity contribution in [3.05, 3.63) is 17.7 Å². The highest BCUT2D eigenvalue weighted by atomic mass is 19.4. The molecule has 1 aliphatic carbocycles. The molecule has 0 spiro atoms. The van der Waals surface area contributed by atoms with Crippen molar-refractivity contribution >= 4 is 17.8 Å². The van der Waals surface area contributed by atoms with Crippen molar-refractivity contribution in [2.24, 2.45) is 11.8 Å². The number of nitrogens with one attached hydrogen (secondary N) is 2. The average Bonchev–Trinajstić information content (AvgIpc) is 3.04. The molecule has 4 amide bonds. The molecule has 1 aromatic carbocycles. The van der Waals surface area contributed by atoms with E-state index in [0.717, 1.165) is 6.42 Å². The first kappa shape index (κ1) is 25.4. The minimum absolute atomic E-state index is 0.0212. The molecular formula is C22H28F3N3O6. The Morgan fingerprint density at radius 1 is 1.09 bits per heavy atom. The lowest BCUT2D eigenvalue weighted by molar-refractivity contribution is -0.201. The summed E-state index contributed by atoms with van der Waals surface area (Å²) in [6, 6.07) is 0.563. The fourth-order valence-corrected chi connectivity index (χ4v) is 4.63. The van der Waals surface area contributed by atoms with Crippen molar-refractivity contribution in [3.63, 3.8) is 0 Å². The van der Waals surface area contributed by atoms with E-state index in [0.29, 0.717) is 17.7 Å². The Kier molecular flexibility index (Phi) is 6.90. The zero-order valence-electron chi connectivity index (χ0n) is 19.5. The SMILES string of the molecule is COc1ccc(C(=O)N[C@]2(C(F)(F)F)NC(=O)N([C@@H]3CCC[C@@H](C)[C@@H]3C)C2=O)c(OC)c1OC. The maximum atomic E-state index is 14.3. The van der Waals surface area contributed by atoms with Crippen LogP contribution in [0.4, 0.5) is 18.0 Å². The summed E-state index contributed by atoms with van der Waals surface area (Å²) in [6.07, 6.45) is -3.42. The fraction of sp³-hybridized carbons (Fsp3) is 0.591. The van der Waals surface area contributed by atoms with Gasteiger partial charge >= 0.3 is 12.2 Å². The summed E-state index contributed by atoms with van der Waals surface area (Å²) in [5, 5.41) is 3.44. The molecule has 3 rings (SSSR count). The van der Waals surface area contributed by atoms with Crippen LogP contribution in [0.1, 0.15) is 43.5 Å². The predicted octanol–water partition coefficient (Wildman–Crippen LogP) is 3.08. The molecule has 0 radical (unpaired) electrons. The van der Waals surface area contributed by atoms with E-state index in [2.05, 4.69) is 0 Å². The van der Waals surface area contributed by atoms with Gasteiger partial charge in [0.2, 0.25) is 5.75 Å². The zero-order valence-corrected chi connectivity index (χ0v) is 19.5. The Bertz CT molecular complexity index is 985. The number of alkyl halides is 3. The highest BCUT2D eigenvalue weighted by Gasteiger charge is 2.70. The van der Waals surface area contributed by atoms with Gasteiger partial charge in [-0.1, -0.05) is 26.7 Å². The van der Waals surface area contributed by atoms with Crippen molar-refractivity contribution in [3.8, 4) is 17.2 Å². The number of urea groups is 1. The number of amides is 4. The van der Waals surface area contributed by atoms with Crippen LogP contribution in [0.2, 0.25) is 0 Å². The first-order chi connectivity index (χ1) is 15.9. The summed E-state index contributed by atoms with van der Waals surface area (Å²) in [5.41, 5.74) is -3.97. The number of hydrogen-bond acceptors (Lipinski definition) is 6. The van der Waals surface area contributed by atoms with Crippen LogP contribution in [0.15, 0.2) is 12.1 Å². The third-order valence-corrected chi connectivity index (χ3v) is 6.72. The van der Waals surface area contributed by atoms with Crippen LogP contribution >= 0.6 is 0 Å². The molecule has 1 aromatic rings. The molecule has 0 bridgehead atoms. The molecule has 2 fully saturated rings. The molecule has 2 aliphatic rings. The number of hydrogen-bond donors (Lipinski definition) is 2. The number of carbonyl (C=O) groups is 3. The van der Waals surface area contributed by atoms with Crippen LogP contribution in [0, 0.1) is 11.8 Å². The van der Waals surface area contributed by atoms with Gasteiger partial charge in [-0.25, -0.2) is 4.79 Å². The van der Waals surface area contributed by atoms with Crippen molar-refractivity contribution in [1.82, 2.24) is 15.5 Å². The van der Waals surface area contributed by atoms with Gasteiger partial charge < -0.3 is 19.5 Å². The zero-order chi connectivity index (χ0) is 25.4. The number of methoxy groups -OCH3 is 3. The summed E-state index contributed by atoms with van der Waals surface area (Å²) < 4.78 is 58.4. The number of halogens is 3. The molecule has 188 valence electrons. The number of ether oxygens (including phenoxy) is 3. The maximum Gasteiger partial charge on any atom is 0.440 e. The topological polar surface area (TPSA) is 106 Å². The second kappa shape index (κ2) is 9.22. The summed E-state index contributed by atoms with van der Waals surface area (Å²) in [4.78, 5) is 39.6. The third kappa shape index (κ3) is 3.98. The lowest BCUT2D eigenvalue weighted by Crippen LogP contribution is -2.69. The van der Waals surface area contributed by atoms with Gasteiger partial charge in [0.1, 0.15) is 0 Å². The van der Waals surface area contributed by atoms with E-state index >= 15 is 0 Å². The second-order valence-electron chi connectivity index (χ2n) is 8.52. The maximum absolute atomic E-state index is 14.3. The number of nitrogens with zero attached hydrogens (tertiary/aromatic N) is 1. The number of carbonyl (C=O) groups excluding carboxylic acids is 3. The molecular weight excluding hydrogens is 459 g/mol. The van der Waals surface area contributed by atoms with E-state index in [1.165, 1.54) is 33.5 Å². The summed E-state index contributed by atoms with van der Waals surface area (Å²) in [5.74, 6) is -2.98. The first-order valence-corrected chi connectivity index (χ1v) is 10.8. The molecule has 1 aliphatic heterocycles. The van der Waals surface area contributed by atoms with Crippen molar-refractivity contribution < 1.29 is 41.8 Å². The summed E-state index contributed by atoms with van der Waals surface area (Å²) >= 11 is 0. The van der Waals surface area contributed by atoms with Gasteiger partial charge in [-0.2, -0.15) is 13.2 Å². The van der Waals surface area contributed by atoms with Gasteiger partial charge in [-0.3, -0.25) is 19.8 Å². The lowest BCUT2D eigenvalue weighted by Gasteiger charge is -2.38. The normalized spacial score (nSPS) is 27.3. The highest BCUT2D eigenvalue weighted by Crippen LogP contribution is 2.42. The molecule has 2 N–H and O–H groups in total. The molecule has 0 unspecified atom stereocenters. The van der Waals surface area contributed by atoms with E-state index in [4.69, 9.17) is 14.2 Å². The molecule has 12 heteroatoms. The smallest absolute Gasteiger partial charge is 0.440 e. The Balaban J connectivity index is 2.02. The Labute approximate surface area is 194 Å². The summed E-state index contributed by atoms with van der Waals surface area (Å²) in [7, 11) is 3.80. The molecule has 1 saturated heterocycles. The number of imide groups is 1. The van der Waals surface area contributed by atoms with Gasteiger partial charge in [0.15, 0.2) is 11.5 Å². The quantitative estimate of drug-likeness (QED) is 0.598. The van der Waals surface area contributed by atoms with Gasteiger partial charge in [-0.15, -0.1) is 0 Å². The molecule has 34 heavy (non-hydrogen) atoms. The fourth-order valence-electron chi connectivity index (χ4n) is 4.63. The van der Waals surface area contributed by atoms with Crippen LogP contribution in [-0.4, -0.2) is 62.0 Å². The van der Waals surface area contributed by atoms with Crippen molar-refractivity contribution in [1.29, 1.82) is 0 Å². The summed E-state index contributed by atoms with van der Waals surface area (Å²) in [6.45, 7) is 3.73. The van der Waals surface area contributed by atoms with Crippen LogP contribution in [-0.2, 0) is 4.79 Å². The predicted molar refractivity (Wildman–Crippen MR) is 114 cm³/mol. The first-order valence-electron chi connectivity index (χ1n) is 10.8. The standard InChI is InChI=1S/C22H28F3N3O6/c1-11-7-6-8-14(12(11)2)28-19(30)21(22(23,24)25,27-20(28)31)26-18(29)13-9-10-15(32-3)17(34-5)16(13)33-4/h9-12,14H,6-8H2,1-5H3,(H,26,29)(H,27,31)/t11-,12+,14-,21+/m1/s1. The molecule has 4 atom stereocenters. The van der Waals surface area contributed by atoms with Crippen LogP contribution in [0.5, 0.6) is 17.2 Å². The average molecular weight is 487 g/mol. The monoisotopic (exact) mass is 487 g/mol. The second-order valence-corrected chi connectivity index (χ2v) is 8.52. The van der Waals surface area contributed by atoms with E-state index in [1.807, 2.05) is 6.92 Å². The Morgan fingerprint density at radius 2 is 1.74 bits per heavy atom. The van der Waals surface area contributed by atoms with E-state index in [9.17, 15) is 27.6 Å². The van der Waals surface area contributed by atoms with Gasteiger partial charge in [0.25, 0.3) is 17.5 Å². The van der Waals surface area contributed by atoms with Crippen molar-refractivity contribution in [2.75, 3.05) is 21.3 Å². The highest BCUT2D eigenvalue weighted by molar-refractivity contribution is 6.11. The van der Waals surface area contributed by atoms with Crippen LogP contribution in [0.3, 0.4) is 0 Å². The van der Waals surface area contributed by atoms with E-state index in [-0.39, 0.29) is 34.6 Å². The van der Waals surface area contributed by atoms with Crippen molar-refractivity contribution in [2.45, 2.75) is 51.0 Å². The van der Waals surface area contributed by atoms with Gasteiger partial charge in [0.05, 0.1) is 26.9 Å². The number of rotatable bonds is 6. The van der Waals surface area contributed by atoms with E-state index in [1.54, 1.807) is 17.6 Å². The van der Waals surface area contributed by atoms with Gasteiger partial charge in [0, 0.05) is 6.04 Å². The Morgan fingerprint density at radius 3 is 2.29 bits per heavy atom.